The van der Waals surface area contributed by atoms with Crippen molar-refractivity contribution in [2.45, 2.75) is 32.0 Å². The van der Waals surface area contributed by atoms with E-state index in [-0.39, 0.29) is 18.3 Å². The number of amides is 2. The van der Waals surface area contributed by atoms with Crippen molar-refractivity contribution in [1.82, 2.24) is 10.2 Å². The number of carbonyl (C=O) groups is 3. The topological polar surface area (TPSA) is 98.1 Å². The molecule has 176 valence electrons. The summed E-state index contributed by atoms with van der Waals surface area (Å²) in [5.74, 6) is -0.710. The van der Waals surface area contributed by atoms with Crippen LogP contribution in [-0.2, 0) is 27.3 Å². The number of carbonyl (C=O) groups excluding carboxylic acids is 3. The van der Waals surface area contributed by atoms with Crippen molar-refractivity contribution in [2.24, 2.45) is 0 Å². The van der Waals surface area contributed by atoms with Gasteiger partial charge >= 0.3 is 5.97 Å². The fourth-order valence-electron chi connectivity index (χ4n) is 4.11. The van der Waals surface area contributed by atoms with Gasteiger partial charge in [-0.15, -0.1) is 0 Å². The number of hydrogen-bond donors (Lipinski definition) is 1. The Morgan fingerprint density at radius 3 is 2.53 bits per heavy atom. The van der Waals surface area contributed by atoms with E-state index in [9.17, 15) is 14.4 Å². The van der Waals surface area contributed by atoms with Crippen LogP contribution in [0.1, 0.15) is 40.2 Å². The lowest BCUT2D eigenvalue weighted by Crippen LogP contribution is -2.49. The van der Waals surface area contributed by atoms with Crippen molar-refractivity contribution in [3.8, 4) is 5.75 Å². The molecule has 0 fully saturated rings. The van der Waals surface area contributed by atoms with E-state index in [1.54, 1.807) is 19.2 Å². The molecule has 34 heavy (non-hydrogen) atoms. The number of nitrogens with one attached hydrogen (secondary N) is 1. The second-order valence-corrected chi connectivity index (χ2v) is 8.04. The SMILES string of the molecule is COc1ccccc1C(C)NC(=O)COC(=O)[C@@H]1Cc2ccccc2CN1C(=O)c1ccco1. The molecular weight excluding hydrogens is 436 g/mol. The fourth-order valence-corrected chi connectivity index (χ4v) is 4.11. The van der Waals surface area contributed by atoms with Gasteiger partial charge in [0.25, 0.3) is 11.8 Å². The highest BCUT2D eigenvalue weighted by Gasteiger charge is 2.37. The first kappa shape index (κ1) is 23.1. The first-order valence-corrected chi connectivity index (χ1v) is 11.0. The van der Waals surface area contributed by atoms with Crippen LogP contribution in [-0.4, -0.2) is 42.4 Å². The zero-order valence-corrected chi connectivity index (χ0v) is 19.0. The van der Waals surface area contributed by atoms with E-state index in [1.165, 1.54) is 11.2 Å². The highest BCUT2D eigenvalue weighted by molar-refractivity contribution is 5.95. The monoisotopic (exact) mass is 462 g/mol. The van der Waals surface area contributed by atoms with E-state index < -0.39 is 30.4 Å². The Morgan fingerprint density at radius 2 is 1.79 bits per heavy atom. The lowest BCUT2D eigenvalue weighted by atomic mass is 9.93. The summed E-state index contributed by atoms with van der Waals surface area (Å²) in [7, 11) is 1.56. The third-order valence-electron chi connectivity index (χ3n) is 5.84. The zero-order valence-electron chi connectivity index (χ0n) is 19.0. The molecule has 1 unspecified atom stereocenters. The van der Waals surface area contributed by atoms with Gasteiger partial charge in [0.1, 0.15) is 11.8 Å². The minimum atomic E-state index is -0.869. The summed E-state index contributed by atoms with van der Waals surface area (Å²) in [5.41, 5.74) is 2.72. The summed E-state index contributed by atoms with van der Waals surface area (Å²) < 4.78 is 15.9. The number of hydrogen-bond acceptors (Lipinski definition) is 6. The Kier molecular flexibility index (Phi) is 6.96. The molecule has 4 rings (SSSR count). The van der Waals surface area contributed by atoms with E-state index in [0.29, 0.717) is 12.2 Å². The van der Waals surface area contributed by atoms with E-state index in [2.05, 4.69) is 5.32 Å². The molecule has 2 amide bonds. The average Bonchev–Trinajstić information content (AvgIpc) is 3.41. The van der Waals surface area contributed by atoms with Crippen molar-refractivity contribution in [1.29, 1.82) is 0 Å². The van der Waals surface area contributed by atoms with E-state index in [4.69, 9.17) is 13.9 Å². The summed E-state index contributed by atoms with van der Waals surface area (Å²) in [6.07, 6.45) is 1.70. The third kappa shape index (κ3) is 4.96. The van der Waals surface area contributed by atoms with Gasteiger partial charge in [-0.1, -0.05) is 42.5 Å². The van der Waals surface area contributed by atoms with E-state index >= 15 is 0 Å². The number of furan rings is 1. The second kappa shape index (κ2) is 10.2. The molecule has 2 aromatic carbocycles. The Labute approximate surface area is 197 Å². The summed E-state index contributed by atoms with van der Waals surface area (Å²) in [4.78, 5) is 39.9. The van der Waals surface area contributed by atoms with Crippen LogP contribution in [0.15, 0.2) is 71.3 Å². The molecule has 0 saturated heterocycles. The Morgan fingerprint density at radius 1 is 1.06 bits per heavy atom. The van der Waals surface area contributed by atoms with Crippen LogP contribution >= 0.6 is 0 Å². The van der Waals surface area contributed by atoms with Crippen molar-refractivity contribution in [3.05, 3.63) is 89.4 Å². The highest BCUT2D eigenvalue weighted by Crippen LogP contribution is 2.26. The summed E-state index contributed by atoms with van der Waals surface area (Å²) in [6.45, 7) is 1.60. The van der Waals surface area contributed by atoms with Crippen LogP contribution < -0.4 is 10.1 Å². The van der Waals surface area contributed by atoms with Crippen molar-refractivity contribution < 1.29 is 28.3 Å². The molecule has 1 aliphatic rings. The molecule has 8 nitrogen and oxygen atoms in total. The van der Waals surface area contributed by atoms with E-state index in [0.717, 1.165) is 16.7 Å². The first-order valence-electron chi connectivity index (χ1n) is 11.0. The predicted molar refractivity (Wildman–Crippen MR) is 123 cm³/mol. The van der Waals surface area contributed by atoms with Gasteiger partial charge in [0.15, 0.2) is 12.4 Å². The van der Waals surface area contributed by atoms with Crippen LogP contribution in [0.25, 0.3) is 0 Å². The molecule has 0 saturated carbocycles. The molecule has 3 aromatic rings. The average molecular weight is 463 g/mol. The molecule has 0 aliphatic carbocycles. The van der Waals surface area contributed by atoms with Crippen LogP contribution in [0, 0.1) is 0 Å². The minimum absolute atomic E-state index is 0.139. The van der Waals surface area contributed by atoms with Gasteiger partial charge < -0.3 is 24.1 Å². The number of nitrogens with zero attached hydrogens (tertiary/aromatic N) is 1. The molecule has 1 aliphatic heterocycles. The third-order valence-corrected chi connectivity index (χ3v) is 5.84. The number of methoxy groups -OCH3 is 1. The Balaban J connectivity index is 1.43. The number of esters is 1. The molecule has 0 bridgehead atoms. The Bertz CT molecular complexity index is 1170. The number of fused-ring (bicyclic) bond motifs is 1. The lowest BCUT2D eigenvalue weighted by Gasteiger charge is -2.34. The predicted octanol–water partition coefficient (Wildman–Crippen LogP) is 3.28. The quantitative estimate of drug-likeness (QED) is 0.541. The smallest absolute Gasteiger partial charge is 0.329 e. The van der Waals surface area contributed by atoms with Gasteiger partial charge in [-0.05, 0) is 36.2 Å². The molecule has 1 N–H and O–H groups in total. The maximum Gasteiger partial charge on any atom is 0.329 e. The molecule has 2 heterocycles. The van der Waals surface area contributed by atoms with Crippen molar-refractivity contribution in [2.75, 3.05) is 13.7 Å². The lowest BCUT2D eigenvalue weighted by molar-refractivity contribution is -0.153. The number of benzene rings is 2. The zero-order chi connectivity index (χ0) is 24.1. The standard InChI is InChI=1S/C26H26N2O6/c1-17(20-10-5-6-11-22(20)32-2)27-24(29)16-34-26(31)21-14-18-8-3-4-9-19(18)15-28(21)25(30)23-12-7-13-33-23/h3-13,17,21H,14-16H2,1-2H3,(H,27,29)/t17?,21-/m0/s1. The van der Waals surface area contributed by atoms with Crippen LogP contribution in [0.2, 0.25) is 0 Å². The molecular formula is C26H26N2O6. The van der Waals surface area contributed by atoms with Gasteiger partial charge in [-0.2, -0.15) is 0 Å². The first-order chi connectivity index (χ1) is 16.5. The summed E-state index contributed by atoms with van der Waals surface area (Å²) >= 11 is 0. The molecule has 0 radical (unpaired) electrons. The second-order valence-electron chi connectivity index (χ2n) is 8.04. The maximum atomic E-state index is 13.0. The van der Waals surface area contributed by atoms with Gasteiger partial charge in [0.05, 0.1) is 19.4 Å². The highest BCUT2D eigenvalue weighted by atomic mass is 16.5. The van der Waals surface area contributed by atoms with Crippen molar-refractivity contribution in [3.63, 3.8) is 0 Å². The molecule has 1 aromatic heterocycles. The molecule has 8 heteroatoms. The fraction of sp³-hybridized carbons (Fsp3) is 0.269. The number of para-hydroxylation sites is 1. The van der Waals surface area contributed by atoms with Gasteiger partial charge in [0, 0.05) is 18.5 Å². The van der Waals surface area contributed by atoms with Gasteiger partial charge in [0.2, 0.25) is 0 Å². The summed E-state index contributed by atoms with van der Waals surface area (Å²) in [6, 6.07) is 16.9. The largest absolute Gasteiger partial charge is 0.496 e. The van der Waals surface area contributed by atoms with Gasteiger partial charge in [-0.3, -0.25) is 9.59 Å². The maximum absolute atomic E-state index is 13.0. The normalized spacial score (nSPS) is 15.7. The summed E-state index contributed by atoms with van der Waals surface area (Å²) in [5, 5.41) is 2.81. The minimum Gasteiger partial charge on any atom is -0.496 e. The van der Waals surface area contributed by atoms with E-state index in [1.807, 2.05) is 55.5 Å². The number of rotatable bonds is 7. The van der Waals surface area contributed by atoms with Crippen LogP contribution in [0.5, 0.6) is 5.75 Å². The number of ether oxygens (including phenoxy) is 2. The van der Waals surface area contributed by atoms with Crippen molar-refractivity contribution >= 4 is 17.8 Å². The molecule has 0 spiro atoms. The van der Waals surface area contributed by atoms with Crippen LogP contribution in [0.4, 0.5) is 0 Å². The van der Waals surface area contributed by atoms with Crippen LogP contribution in [0.3, 0.4) is 0 Å². The molecule has 2 atom stereocenters. The Hall–Kier alpha value is -4.07. The van der Waals surface area contributed by atoms with Gasteiger partial charge in [-0.25, -0.2) is 4.79 Å².